The van der Waals surface area contributed by atoms with E-state index < -0.39 is 64.7 Å². The van der Waals surface area contributed by atoms with E-state index in [1.54, 1.807) is 0 Å². The molecule has 2 aliphatic rings. The molecule has 40 heavy (non-hydrogen) atoms. The quantitative estimate of drug-likeness (QED) is 0.338. The van der Waals surface area contributed by atoms with Gasteiger partial charge in [-0.3, -0.25) is 0 Å². The van der Waals surface area contributed by atoms with E-state index in [-0.39, 0.29) is 11.3 Å². The van der Waals surface area contributed by atoms with Gasteiger partial charge in [-0.05, 0) is 31.9 Å². The fourth-order valence-corrected chi connectivity index (χ4v) is 7.29. The number of aliphatic hydroxyl groups is 3. The number of aliphatic hydroxyl groups excluding tert-OH is 2. The zero-order valence-corrected chi connectivity index (χ0v) is 22.7. The SMILES string of the molecule is CO[C@@H]1[C@@H](n2cc(-c3cc(F)c(F)c(F)c3)nn2)[C@@H](O)[C@@H](CO)O[C@H]1S[C@H](c1nocc1C)C1(O)CCCCC1. The number of ether oxygens (including phenoxy) is 2. The molecule has 0 bridgehead atoms. The highest BCUT2D eigenvalue weighted by Gasteiger charge is 2.51. The van der Waals surface area contributed by atoms with Crippen LogP contribution in [-0.2, 0) is 9.47 Å². The summed E-state index contributed by atoms with van der Waals surface area (Å²) in [7, 11) is 1.43. The maximum atomic E-state index is 13.9. The fraction of sp³-hybridized carbons (Fsp3) is 0.577. The van der Waals surface area contributed by atoms with E-state index in [9.17, 15) is 28.5 Å². The Morgan fingerprint density at radius 3 is 2.50 bits per heavy atom. The van der Waals surface area contributed by atoms with Crippen molar-refractivity contribution in [2.75, 3.05) is 13.7 Å². The maximum Gasteiger partial charge on any atom is 0.194 e. The van der Waals surface area contributed by atoms with Crippen LogP contribution in [0.1, 0.15) is 54.7 Å². The number of halogens is 3. The molecule has 0 spiro atoms. The third kappa shape index (κ3) is 5.40. The van der Waals surface area contributed by atoms with E-state index in [1.807, 2.05) is 6.92 Å². The van der Waals surface area contributed by atoms with Gasteiger partial charge in [0.05, 0.1) is 23.7 Å². The molecule has 10 nitrogen and oxygen atoms in total. The van der Waals surface area contributed by atoms with Gasteiger partial charge in [-0.1, -0.05) is 29.6 Å². The third-order valence-corrected chi connectivity index (χ3v) is 9.28. The van der Waals surface area contributed by atoms with Crippen LogP contribution in [0, 0.1) is 24.4 Å². The topological polar surface area (TPSA) is 136 Å². The second kappa shape index (κ2) is 11.8. The third-order valence-electron chi connectivity index (χ3n) is 7.70. The molecule has 6 atom stereocenters. The van der Waals surface area contributed by atoms with Crippen molar-refractivity contribution >= 4 is 11.8 Å². The maximum absolute atomic E-state index is 13.9. The molecular formula is C26H31F3N4O6S. The number of nitrogens with zero attached hydrogens (tertiary/aromatic N) is 4. The molecule has 0 unspecified atom stereocenters. The van der Waals surface area contributed by atoms with E-state index in [0.717, 1.165) is 37.0 Å². The Kier molecular flexibility index (Phi) is 8.55. The Morgan fingerprint density at radius 2 is 1.90 bits per heavy atom. The molecule has 1 saturated carbocycles. The van der Waals surface area contributed by atoms with Crippen LogP contribution in [0.2, 0.25) is 0 Å². The largest absolute Gasteiger partial charge is 0.394 e. The number of aryl methyl sites for hydroxylation is 1. The summed E-state index contributed by atoms with van der Waals surface area (Å²) in [5.74, 6) is -4.35. The van der Waals surface area contributed by atoms with E-state index in [2.05, 4.69) is 15.5 Å². The lowest BCUT2D eigenvalue weighted by molar-refractivity contribution is -0.186. The first-order chi connectivity index (χ1) is 19.2. The summed E-state index contributed by atoms with van der Waals surface area (Å²) < 4.78 is 59.6. The minimum absolute atomic E-state index is 0.0312. The van der Waals surface area contributed by atoms with Gasteiger partial charge in [0.1, 0.15) is 47.4 Å². The van der Waals surface area contributed by atoms with Gasteiger partial charge in [0, 0.05) is 18.2 Å². The molecule has 2 aromatic heterocycles. The molecular weight excluding hydrogens is 553 g/mol. The van der Waals surface area contributed by atoms with Crippen LogP contribution in [0.5, 0.6) is 0 Å². The minimum atomic E-state index is -1.60. The van der Waals surface area contributed by atoms with Crippen molar-refractivity contribution in [2.45, 2.75) is 79.7 Å². The van der Waals surface area contributed by atoms with Gasteiger partial charge in [-0.15, -0.1) is 16.9 Å². The summed E-state index contributed by atoms with van der Waals surface area (Å²) in [4.78, 5) is 0. The minimum Gasteiger partial charge on any atom is -0.394 e. The van der Waals surface area contributed by atoms with Gasteiger partial charge in [0.15, 0.2) is 17.5 Å². The average Bonchev–Trinajstić information content (AvgIpc) is 3.60. The molecule has 1 aromatic carbocycles. The molecule has 1 aliphatic carbocycles. The van der Waals surface area contributed by atoms with Crippen LogP contribution >= 0.6 is 11.8 Å². The van der Waals surface area contributed by atoms with Crippen molar-refractivity contribution in [3.8, 4) is 11.3 Å². The van der Waals surface area contributed by atoms with Crippen molar-refractivity contribution in [3.05, 3.63) is 53.3 Å². The van der Waals surface area contributed by atoms with Crippen LogP contribution in [0.3, 0.4) is 0 Å². The molecule has 0 radical (unpaired) electrons. The highest BCUT2D eigenvalue weighted by Crippen LogP contribution is 2.51. The molecule has 2 fully saturated rings. The van der Waals surface area contributed by atoms with Gasteiger partial charge < -0.3 is 29.3 Å². The van der Waals surface area contributed by atoms with Crippen LogP contribution in [0.15, 0.2) is 29.1 Å². The van der Waals surface area contributed by atoms with Gasteiger partial charge in [0.2, 0.25) is 0 Å². The first-order valence-electron chi connectivity index (χ1n) is 13.0. The molecule has 3 aromatic rings. The lowest BCUT2D eigenvalue weighted by atomic mass is 9.81. The highest BCUT2D eigenvalue weighted by molar-refractivity contribution is 8.00. The molecule has 5 rings (SSSR count). The molecule has 1 saturated heterocycles. The lowest BCUT2D eigenvalue weighted by Gasteiger charge is -2.46. The van der Waals surface area contributed by atoms with Crippen molar-refractivity contribution < 1.29 is 42.5 Å². The van der Waals surface area contributed by atoms with E-state index in [0.29, 0.717) is 18.5 Å². The van der Waals surface area contributed by atoms with Crippen molar-refractivity contribution in [2.24, 2.45) is 0 Å². The van der Waals surface area contributed by atoms with Crippen molar-refractivity contribution in [1.82, 2.24) is 20.2 Å². The van der Waals surface area contributed by atoms with Gasteiger partial charge >= 0.3 is 0 Å². The zero-order valence-electron chi connectivity index (χ0n) is 21.9. The Hall–Kier alpha value is -2.49. The number of methoxy groups -OCH3 is 1. The summed E-state index contributed by atoms with van der Waals surface area (Å²) in [6.07, 6.45) is 3.41. The number of hydrogen-bond donors (Lipinski definition) is 3. The molecule has 3 heterocycles. The number of benzene rings is 1. The average molecular weight is 585 g/mol. The van der Waals surface area contributed by atoms with Gasteiger partial charge in [0.25, 0.3) is 0 Å². The second-order valence-corrected chi connectivity index (χ2v) is 11.5. The number of rotatable bonds is 8. The predicted octanol–water partition coefficient (Wildman–Crippen LogP) is 3.46. The molecule has 1 aliphatic heterocycles. The lowest BCUT2D eigenvalue weighted by Crippen LogP contribution is -2.56. The van der Waals surface area contributed by atoms with E-state index >= 15 is 0 Å². The molecule has 14 heteroatoms. The Bertz CT molecular complexity index is 1300. The standard InChI is InChI=1S/C26H31F3N4O6S/c1-13-12-38-31-20(13)24(26(36)6-4-3-5-7-26)40-25-23(37-2)21(22(35)18(11-34)39-25)33-10-17(30-32-33)14-8-15(27)19(29)16(28)9-14/h8-10,12,18,21-25,34-36H,3-7,11H2,1-2H3/t18-,21+,22+,23-,24-,25+/m1/s1. The van der Waals surface area contributed by atoms with Gasteiger partial charge in [-0.25, -0.2) is 17.9 Å². The number of hydrogen-bond acceptors (Lipinski definition) is 10. The van der Waals surface area contributed by atoms with Crippen LogP contribution in [-0.4, -0.2) is 78.5 Å². The summed E-state index contributed by atoms with van der Waals surface area (Å²) in [6.45, 7) is 1.31. The van der Waals surface area contributed by atoms with E-state index in [1.165, 1.54) is 36.0 Å². The van der Waals surface area contributed by atoms with Crippen molar-refractivity contribution in [3.63, 3.8) is 0 Å². The zero-order chi connectivity index (χ0) is 28.6. The molecule has 218 valence electrons. The number of thioether (sulfide) groups is 1. The Labute approximate surface area is 232 Å². The van der Waals surface area contributed by atoms with Crippen molar-refractivity contribution in [1.29, 1.82) is 0 Å². The Morgan fingerprint density at radius 1 is 1.20 bits per heavy atom. The summed E-state index contributed by atoms with van der Waals surface area (Å²) >= 11 is 1.26. The first kappa shape index (κ1) is 29.0. The van der Waals surface area contributed by atoms with E-state index in [4.69, 9.17) is 14.0 Å². The second-order valence-electron chi connectivity index (χ2n) is 10.3. The summed E-state index contributed by atoms with van der Waals surface area (Å²) in [6, 6.07) is 0.641. The van der Waals surface area contributed by atoms with Crippen LogP contribution in [0.4, 0.5) is 13.2 Å². The predicted molar refractivity (Wildman–Crippen MR) is 137 cm³/mol. The monoisotopic (exact) mass is 584 g/mol. The highest BCUT2D eigenvalue weighted by atomic mass is 32.2. The van der Waals surface area contributed by atoms with Gasteiger partial charge in [-0.2, -0.15) is 0 Å². The van der Waals surface area contributed by atoms with Crippen LogP contribution < -0.4 is 0 Å². The summed E-state index contributed by atoms with van der Waals surface area (Å²) in [5.41, 5.74) is -0.622. The normalized spacial score (nSPS) is 27.6. The molecule has 3 N–H and O–H groups in total. The van der Waals surface area contributed by atoms with Crippen LogP contribution in [0.25, 0.3) is 11.3 Å². The smallest absolute Gasteiger partial charge is 0.194 e. The Balaban J connectivity index is 1.49. The number of aromatic nitrogens is 4. The summed E-state index contributed by atoms with van der Waals surface area (Å²) in [5, 5.41) is 44.6. The molecule has 0 amide bonds. The fourth-order valence-electron chi connectivity index (χ4n) is 5.54. The first-order valence-corrected chi connectivity index (χ1v) is 13.9.